The van der Waals surface area contributed by atoms with Gasteiger partial charge in [0.15, 0.2) is 6.10 Å². The molecule has 1 N–H and O–H groups in total. The molecule has 1 nitrogen and oxygen atoms in total. The molecule has 1 aliphatic rings. The molecule has 2 aromatic rings. The standard InChI is InChI=1S/C16H13F3O/c17-16(18,19)15(20)14-12-7-3-1-5-10(12)9-11-6-2-4-8-13(11)14/h1,3,5-9,15,20H,2,4H2. The maximum absolute atomic E-state index is 13.0. The highest BCUT2D eigenvalue weighted by molar-refractivity contribution is 5.87. The van der Waals surface area contributed by atoms with Crippen molar-refractivity contribution in [1.29, 1.82) is 0 Å². The van der Waals surface area contributed by atoms with Gasteiger partial charge >= 0.3 is 6.18 Å². The molecule has 4 heteroatoms. The Hall–Kier alpha value is -1.81. The zero-order valence-electron chi connectivity index (χ0n) is 10.6. The van der Waals surface area contributed by atoms with E-state index in [1.54, 1.807) is 30.3 Å². The first-order valence-corrected chi connectivity index (χ1v) is 6.45. The Bertz CT molecular complexity index is 775. The van der Waals surface area contributed by atoms with Gasteiger partial charge in [-0.25, -0.2) is 0 Å². The molecule has 1 unspecified atom stereocenters. The Labute approximate surface area is 113 Å². The molecule has 0 saturated carbocycles. The fourth-order valence-electron chi connectivity index (χ4n) is 2.74. The molecule has 0 bridgehead atoms. The predicted octanol–water partition coefficient (Wildman–Crippen LogP) is 2.79. The van der Waals surface area contributed by atoms with Crippen molar-refractivity contribution in [2.75, 3.05) is 0 Å². The molecule has 0 aromatic heterocycles. The van der Waals surface area contributed by atoms with Crippen LogP contribution in [0.25, 0.3) is 22.9 Å². The second-order valence-corrected chi connectivity index (χ2v) is 4.94. The minimum Gasteiger partial charge on any atom is -0.379 e. The summed E-state index contributed by atoms with van der Waals surface area (Å²) < 4.78 is 38.9. The van der Waals surface area contributed by atoms with Crippen molar-refractivity contribution in [3.8, 4) is 0 Å². The van der Waals surface area contributed by atoms with Crippen LogP contribution in [0.3, 0.4) is 0 Å². The highest BCUT2D eigenvalue weighted by Gasteiger charge is 2.40. The molecule has 0 radical (unpaired) electrons. The summed E-state index contributed by atoms with van der Waals surface area (Å²) in [5.41, 5.74) is -0.0263. The summed E-state index contributed by atoms with van der Waals surface area (Å²) in [6.07, 6.45) is -1.90. The van der Waals surface area contributed by atoms with E-state index < -0.39 is 12.3 Å². The van der Waals surface area contributed by atoms with Crippen LogP contribution in [-0.4, -0.2) is 11.3 Å². The van der Waals surface area contributed by atoms with E-state index in [2.05, 4.69) is 0 Å². The summed E-state index contributed by atoms with van der Waals surface area (Å²) in [6, 6.07) is 8.75. The average Bonchev–Trinajstić information content (AvgIpc) is 2.43. The number of aliphatic hydroxyl groups is 1. The molecule has 0 heterocycles. The molecule has 0 amide bonds. The molecule has 2 aromatic carbocycles. The maximum atomic E-state index is 13.0. The first-order valence-electron chi connectivity index (χ1n) is 6.45. The highest BCUT2D eigenvalue weighted by atomic mass is 19.4. The quantitative estimate of drug-likeness (QED) is 0.850. The van der Waals surface area contributed by atoms with E-state index in [9.17, 15) is 18.3 Å². The molecule has 0 fully saturated rings. The van der Waals surface area contributed by atoms with Crippen LogP contribution in [0.5, 0.6) is 0 Å². The molecule has 0 saturated heterocycles. The van der Waals surface area contributed by atoms with Crippen molar-refractivity contribution in [3.63, 3.8) is 0 Å². The normalized spacial score (nSPS) is 16.2. The highest BCUT2D eigenvalue weighted by Crippen LogP contribution is 2.33. The topological polar surface area (TPSA) is 20.2 Å². The van der Waals surface area contributed by atoms with Gasteiger partial charge in [-0.15, -0.1) is 0 Å². The second-order valence-electron chi connectivity index (χ2n) is 4.94. The number of aliphatic hydroxyl groups excluding tert-OH is 1. The van der Waals surface area contributed by atoms with Crippen LogP contribution in [0.2, 0.25) is 0 Å². The Morgan fingerprint density at radius 2 is 1.75 bits per heavy atom. The van der Waals surface area contributed by atoms with Gasteiger partial charge < -0.3 is 5.11 Å². The number of alkyl halides is 3. The molecule has 1 atom stereocenters. The van der Waals surface area contributed by atoms with E-state index in [0.29, 0.717) is 17.0 Å². The number of hydrogen-bond acceptors (Lipinski definition) is 1. The SMILES string of the molecule is OC(c1c2c(cc3ccccc13)=CCCC=2)C(F)(F)F. The fourth-order valence-corrected chi connectivity index (χ4v) is 2.74. The first kappa shape index (κ1) is 13.2. The summed E-state index contributed by atoms with van der Waals surface area (Å²) in [4.78, 5) is 0. The van der Waals surface area contributed by atoms with E-state index >= 15 is 0 Å². The van der Waals surface area contributed by atoms with Gasteiger partial charge in [-0.05, 0) is 40.1 Å². The van der Waals surface area contributed by atoms with Gasteiger partial charge in [-0.3, -0.25) is 0 Å². The van der Waals surface area contributed by atoms with Gasteiger partial charge in [-0.2, -0.15) is 13.2 Å². The number of fused-ring (bicyclic) bond motifs is 2. The Kier molecular flexibility index (Phi) is 3.05. The molecular formula is C16H13F3O. The zero-order valence-corrected chi connectivity index (χ0v) is 10.6. The lowest BCUT2D eigenvalue weighted by Crippen LogP contribution is -2.35. The van der Waals surface area contributed by atoms with Gasteiger partial charge in [0, 0.05) is 5.56 Å². The summed E-state index contributed by atoms with van der Waals surface area (Å²) in [5, 5.41) is 12.2. The predicted molar refractivity (Wildman–Crippen MR) is 72.4 cm³/mol. The lowest BCUT2D eigenvalue weighted by Gasteiger charge is -2.19. The molecule has 20 heavy (non-hydrogen) atoms. The van der Waals surface area contributed by atoms with Crippen molar-refractivity contribution in [2.45, 2.75) is 25.1 Å². The van der Waals surface area contributed by atoms with Crippen molar-refractivity contribution in [2.24, 2.45) is 0 Å². The summed E-state index contributed by atoms with van der Waals surface area (Å²) in [6.45, 7) is 0. The zero-order chi connectivity index (χ0) is 14.3. The fraction of sp³-hybridized carbons (Fsp3) is 0.250. The van der Waals surface area contributed by atoms with Crippen molar-refractivity contribution >= 4 is 22.9 Å². The largest absolute Gasteiger partial charge is 0.418 e. The molecule has 1 aliphatic carbocycles. The van der Waals surface area contributed by atoms with Crippen LogP contribution in [0.1, 0.15) is 24.5 Å². The first-order chi connectivity index (χ1) is 9.48. The number of halogens is 3. The lowest BCUT2D eigenvalue weighted by atomic mass is 9.93. The van der Waals surface area contributed by atoms with Crippen LogP contribution >= 0.6 is 0 Å². The minimum atomic E-state index is -4.66. The van der Waals surface area contributed by atoms with E-state index in [0.717, 1.165) is 17.0 Å². The van der Waals surface area contributed by atoms with Gasteiger partial charge in [-0.1, -0.05) is 36.4 Å². The Morgan fingerprint density at radius 3 is 2.50 bits per heavy atom. The number of benzene rings is 2. The van der Waals surface area contributed by atoms with E-state index in [4.69, 9.17) is 0 Å². The summed E-state index contributed by atoms with van der Waals surface area (Å²) >= 11 is 0. The second kappa shape index (κ2) is 4.63. The Morgan fingerprint density at radius 1 is 1.05 bits per heavy atom. The van der Waals surface area contributed by atoms with Crippen molar-refractivity contribution < 1.29 is 18.3 Å². The van der Waals surface area contributed by atoms with Crippen LogP contribution < -0.4 is 10.4 Å². The lowest BCUT2D eigenvalue weighted by molar-refractivity contribution is -0.206. The van der Waals surface area contributed by atoms with Crippen LogP contribution in [0.4, 0.5) is 13.2 Å². The molecule has 104 valence electrons. The number of hydrogen-bond donors (Lipinski definition) is 1. The maximum Gasteiger partial charge on any atom is 0.418 e. The van der Waals surface area contributed by atoms with Gasteiger partial charge in [0.1, 0.15) is 0 Å². The minimum absolute atomic E-state index is 0.0263. The van der Waals surface area contributed by atoms with Crippen molar-refractivity contribution in [3.05, 3.63) is 46.3 Å². The Balaban J connectivity index is 2.45. The monoisotopic (exact) mass is 278 g/mol. The smallest absolute Gasteiger partial charge is 0.379 e. The third-order valence-corrected chi connectivity index (χ3v) is 3.63. The summed E-state index contributed by atoms with van der Waals surface area (Å²) in [5.74, 6) is 0. The van der Waals surface area contributed by atoms with Crippen LogP contribution in [0, 0.1) is 0 Å². The third-order valence-electron chi connectivity index (χ3n) is 3.63. The number of rotatable bonds is 1. The van der Waals surface area contributed by atoms with Crippen molar-refractivity contribution in [1.82, 2.24) is 0 Å². The van der Waals surface area contributed by atoms with E-state index in [1.165, 1.54) is 0 Å². The molecular weight excluding hydrogens is 265 g/mol. The van der Waals surface area contributed by atoms with Gasteiger partial charge in [0.05, 0.1) is 0 Å². The average molecular weight is 278 g/mol. The molecule has 0 spiro atoms. The molecule has 0 aliphatic heterocycles. The third kappa shape index (κ3) is 2.10. The molecule has 3 rings (SSSR count). The summed E-state index contributed by atoms with van der Waals surface area (Å²) in [7, 11) is 0. The van der Waals surface area contributed by atoms with Gasteiger partial charge in [0.2, 0.25) is 0 Å². The van der Waals surface area contributed by atoms with Crippen LogP contribution in [-0.2, 0) is 0 Å². The van der Waals surface area contributed by atoms with Gasteiger partial charge in [0.25, 0.3) is 0 Å². The van der Waals surface area contributed by atoms with E-state index in [-0.39, 0.29) is 5.56 Å². The van der Waals surface area contributed by atoms with E-state index in [1.807, 2.05) is 12.1 Å². The van der Waals surface area contributed by atoms with Crippen LogP contribution in [0.15, 0.2) is 30.3 Å².